The molecule has 1 aromatic carbocycles. The zero-order valence-electron chi connectivity index (χ0n) is 11.9. The number of likely N-dealkylation sites (tertiary alicyclic amines) is 1. The molecule has 8 heteroatoms. The van der Waals surface area contributed by atoms with Crippen LogP contribution in [-0.2, 0) is 10.0 Å². The number of carbonyl (C=O) groups excluding carboxylic acids is 1. The summed E-state index contributed by atoms with van der Waals surface area (Å²) in [5.74, 6) is -0.223. The van der Waals surface area contributed by atoms with Gasteiger partial charge in [0.1, 0.15) is 5.69 Å². The maximum Gasteiger partial charge on any atom is 0.256 e. The minimum atomic E-state index is -3.45. The third-order valence-corrected chi connectivity index (χ3v) is 4.61. The molecule has 118 valence electrons. The summed E-state index contributed by atoms with van der Waals surface area (Å²) < 4.78 is 25.1. The normalized spacial score (nSPS) is 18.2. The maximum absolute atomic E-state index is 12.4. The number of nitrogens with one attached hydrogen (secondary N) is 1. The molecule has 2 rings (SSSR count). The Balaban J connectivity index is 1.99. The summed E-state index contributed by atoms with van der Waals surface area (Å²) in [5.41, 5.74) is 0.383. The van der Waals surface area contributed by atoms with Gasteiger partial charge in [-0.1, -0.05) is 18.7 Å². The molecule has 0 unspecified atom stereocenters. The maximum atomic E-state index is 12.4. The Morgan fingerprint density at radius 1 is 1.45 bits per heavy atom. The molecule has 0 aliphatic carbocycles. The van der Waals surface area contributed by atoms with Gasteiger partial charge in [0.05, 0.1) is 5.56 Å². The van der Waals surface area contributed by atoms with Crippen LogP contribution in [0.4, 0.5) is 5.69 Å². The van der Waals surface area contributed by atoms with Crippen molar-refractivity contribution in [1.82, 2.24) is 9.62 Å². The van der Waals surface area contributed by atoms with Crippen LogP contribution in [0.2, 0.25) is 0 Å². The van der Waals surface area contributed by atoms with Crippen LogP contribution in [0.3, 0.4) is 0 Å². The van der Waals surface area contributed by atoms with Crippen LogP contribution in [0.25, 0.3) is 0 Å². The zero-order valence-corrected chi connectivity index (χ0v) is 12.8. The minimum absolute atomic E-state index is 0.0371. The Morgan fingerprint density at radius 2 is 2.18 bits per heavy atom. The molecule has 7 nitrogen and oxygen atoms in total. The van der Waals surface area contributed by atoms with Gasteiger partial charge in [0, 0.05) is 25.0 Å². The summed E-state index contributed by atoms with van der Waals surface area (Å²) in [7, 11) is -3.45. The Bertz CT molecular complexity index is 687. The van der Waals surface area contributed by atoms with Crippen molar-refractivity contribution >= 4 is 21.6 Å². The van der Waals surface area contributed by atoms with Crippen molar-refractivity contribution in [2.24, 2.45) is 11.1 Å². The first-order valence-corrected chi connectivity index (χ1v) is 8.35. The summed E-state index contributed by atoms with van der Waals surface area (Å²) in [6.45, 7) is 4.44. The molecule has 1 heterocycles. The van der Waals surface area contributed by atoms with E-state index in [4.69, 9.17) is 0 Å². The largest absolute Gasteiger partial charge is 0.338 e. The Hall–Kier alpha value is -2.06. The molecule has 22 heavy (non-hydrogen) atoms. The molecule has 1 aromatic rings. The van der Waals surface area contributed by atoms with Crippen molar-refractivity contribution in [3.63, 3.8) is 0 Å². The fourth-order valence-corrected chi connectivity index (χ4v) is 2.97. The smallest absolute Gasteiger partial charge is 0.256 e. The molecule has 1 saturated heterocycles. The lowest BCUT2D eigenvalue weighted by Gasteiger charge is -2.17. The molecular formula is C14H17N3O4S. The van der Waals surface area contributed by atoms with E-state index in [-0.39, 0.29) is 29.6 Å². The molecule has 0 saturated carbocycles. The van der Waals surface area contributed by atoms with Crippen LogP contribution in [0.1, 0.15) is 16.8 Å². The molecule has 1 fully saturated rings. The van der Waals surface area contributed by atoms with E-state index in [1.165, 1.54) is 6.07 Å². The standard InChI is InChI=1S/C14H17N3O4S/c1-2-22(20,21)15-9-11-7-8-17(10-11)14(18)12-5-3-4-6-13(12)16-19/h2-6,11,15H,1,7-10H2/t11-/m1/s1. The van der Waals surface area contributed by atoms with Crippen molar-refractivity contribution in [1.29, 1.82) is 0 Å². The topological polar surface area (TPSA) is 95.9 Å². The highest BCUT2D eigenvalue weighted by Crippen LogP contribution is 2.24. The highest BCUT2D eigenvalue weighted by molar-refractivity contribution is 7.92. The molecule has 0 bridgehead atoms. The number of rotatable bonds is 6. The predicted octanol–water partition coefficient (Wildman–Crippen LogP) is 1.61. The van der Waals surface area contributed by atoms with Crippen molar-refractivity contribution in [3.05, 3.63) is 46.7 Å². The van der Waals surface area contributed by atoms with Gasteiger partial charge in [0.15, 0.2) is 0 Å². The van der Waals surface area contributed by atoms with Gasteiger partial charge in [0.25, 0.3) is 5.91 Å². The lowest BCUT2D eigenvalue weighted by atomic mass is 10.1. The summed E-state index contributed by atoms with van der Waals surface area (Å²) in [6.07, 6.45) is 0.697. The van der Waals surface area contributed by atoms with Crippen LogP contribution in [-0.4, -0.2) is 38.9 Å². The van der Waals surface area contributed by atoms with Crippen LogP contribution >= 0.6 is 0 Å². The van der Waals surface area contributed by atoms with E-state index in [2.05, 4.69) is 16.5 Å². The number of benzene rings is 1. The van der Waals surface area contributed by atoms with Crippen LogP contribution in [0.15, 0.2) is 41.4 Å². The fourth-order valence-electron chi connectivity index (χ4n) is 2.38. The first-order valence-electron chi connectivity index (χ1n) is 6.80. The summed E-state index contributed by atoms with van der Waals surface area (Å²) >= 11 is 0. The first kappa shape index (κ1) is 16.3. The van der Waals surface area contributed by atoms with E-state index in [1.54, 1.807) is 23.1 Å². The number of carbonyl (C=O) groups is 1. The van der Waals surface area contributed by atoms with E-state index in [9.17, 15) is 18.1 Å². The van der Waals surface area contributed by atoms with Crippen molar-refractivity contribution in [2.75, 3.05) is 19.6 Å². The van der Waals surface area contributed by atoms with Gasteiger partial charge >= 0.3 is 0 Å². The van der Waals surface area contributed by atoms with Gasteiger partial charge < -0.3 is 4.90 Å². The zero-order chi connectivity index (χ0) is 16.2. The average Bonchev–Trinajstić information content (AvgIpc) is 3.01. The highest BCUT2D eigenvalue weighted by atomic mass is 32.2. The lowest BCUT2D eigenvalue weighted by Crippen LogP contribution is -2.32. The second-order valence-corrected chi connectivity index (χ2v) is 6.79. The second-order valence-electron chi connectivity index (χ2n) is 5.07. The van der Waals surface area contributed by atoms with Gasteiger partial charge in [0.2, 0.25) is 10.0 Å². The fraction of sp³-hybridized carbons (Fsp3) is 0.357. The quantitative estimate of drug-likeness (QED) is 0.804. The number of sulfonamides is 1. The van der Waals surface area contributed by atoms with E-state index in [1.807, 2.05) is 0 Å². The third kappa shape index (κ3) is 3.77. The van der Waals surface area contributed by atoms with Gasteiger partial charge in [-0.2, -0.15) is 0 Å². The average molecular weight is 323 g/mol. The van der Waals surface area contributed by atoms with Crippen molar-refractivity contribution in [2.45, 2.75) is 6.42 Å². The van der Waals surface area contributed by atoms with Crippen molar-refractivity contribution < 1.29 is 13.2 Å². The number of amides is 1. The van der Waals surface area contributed by atoms with Gasteiger partial charge in [-0.3, -0.25) is 4.79 Å². The third-order valence-electron chi connectivity index (χ3n) is 3.60. The first-order chi connectivity index (χ1) is 10.5. The Labute approximate surface area is 129 Å². The van der Waals surface area contributed by atoms with E-state index in [0.29, 0.717) is 19.5 Å². The lowest BCUT2D eigenvalue weighted by molar-refractivity contribution is 0.0788. The number of hydrogen-bond acceptors (Lipinski definition) is 5. The van der Waals surface area contributed by atoms with Crippen LogP contribution in [0.5, 0.6) is 0 Å². The number of nitrogens with zero attached hydrogens (tertiary/aromatic N) is 2. The molecule has 1 amide bonds. The summed E-state index contributed by atoms with van der Waals surface area (Å²) in [4.78, 5) is 24.8. The minimum Gasteiger partial charge on any atom is -0.338 e. The molecule has 1 aliphatic heterocycles. The Kier molecular flexibility index (Phi) is 5.04. The van der Waals surface area contributed by atoms with Crippen LogP contribution in [0, 0.1) is 10.8 Å². The van der Waals surface area contributed by atoms with E-state index >= 15 is 0 Å². The van der Waals surface area contributed by atoms with Crippen LogP contribution < -0.4 is 4.72 Å². The highest BCUT2D eigenvalue weighted by Gasteiger charge is 2.28. The second kappa shape index (κ2) is 6.80. The molecule has 0 aromatic heterocycles. The molecule has 1 aliphatic rings. The SMILES string of the molecule is C=CS(=O)(=O)NC[C@H]1CCN(C(=O)c2ccccc2N=O)C1. The van der Waals surface area contributed by atoms with Gasteiger partial charge in [-0.05, 0) is 29.6 Å². The van der Waals surface area contributed by atoms with E-state index < -0.39 is 10.0 Å². The van der Waals surface area contributed by atoms with Gasteiger partial charge in [-0.15, -0.1) is 4.91 Å². The molecular weight excluding hydrogens is 306 g/mol. The molecule has 0 radical (unpaired) electrons. The summed E-state index contributed by atoms with van der Waals surface area (Å²) in [6, 6.07) is 6.37. The number of hydrogen-bond donors (Lipinski definition) is 1. The molecule has 0 spiro atoms. The molecule has 1 N–H and O–H groups in total. The van der Waals surface area contributed by atoms with Crippen molar-refractivity contribution in [3.8, 4) is 0 Å². The number of nitroso groups, excluding NO2 is 1. The van der Waals surface area contributed by atoms with Gasteiger partial charge in [-0.25, -0.2) is 13.1 Å². The van der Waals surface area contributed by atoms with E-state index in [0.717, 1.165) is 5.41 Å². The molecule has 1 atom stereocenters. The predicted molar refractivity (Wildman–Crippen MR) is 83.0 cm³/mol. The summed E-state index contributed by atoms with van der Waals surface area (Å²) in [5, 5.41) is 3.72. The monoisotopic (exact) mass is 323 g/mol. The Morgan fingerprint density at radius 3 is 2.86 bits per heavy atom.